The molecular formula is C23H31NO. The summed E-state index contributed by atoms with van der Waals surface area (Å²) in [7, 11) is 0. The Balaban J connectivity index is 2.05. The van der Waals surface area contributed by atoms with Crippen LogP contribution in [0.4, 0.5) is 0 Å². The Bertz CT molecular complexity index is 580. The largest absolute Gasteiger partial charge is 0.393 e. The average Bonchev–Trinajstić information content (AvgIpc) is 2.62. The van der Waals surface area contributed by atoms with Crippen molar-refractivity contribution in [2.75, 3.05) is 0 Å². The van der Waals surface area contributed by atoms with Crippen LogP contribution in [0.2, 0.25) is 0 Å². The van der Waals surface area contributed by atoms with Crippen molar-refractivity contribution in [3.05, 3.63) is 83.9 Å². The highest BCUT2D eigenvalue weighted by molar-refractivity contribution is 5.18. The minimum atomic E-state index is -0.264. The van der Waals surface area contributed by atoms with Gasteiger partial charge in [-0.15, -0.1) is 0 Å². The first-order valence-electron chi connectivity index (χ1n) is 9.23. The van der Waals surface area contributed by atoms with Gasteiger partial charge in [0, 0.05) is 19.1 Å². The molecule has 0 saturated heterocycles. The maximum Gasteiger partial charge on any atom is 0.0597 e. The van der Waals surface area contributed by atoms with Gasteiger partial charge < -0.3 is 5.11 Å². The van der Waals surface area contributed by atoms with Gasteiger partial charge in [0.05, 0.1) is 6.10 Å². The Hall–Kier alpha value is -1.90. The molecule has 1 N–H and O–H groups in total. The minimum absolute atomic E-state index is 0.264. The molecule has 2 rings (SSSR count). The fraction of sp³-hybridized carbons (Fsp3) is 0.391. The molecular weight excluding hydrogens is 306 g/mol. The number of nitrogens with zero attached hydrogens (tertiary/aromatic N) is 1. The van der Waals surface area contributed by atoms with Crippen molar-refractivity contribution >= 4 is 0 Å². The molecule has 2 atom stereocenters. The molecule has 0 unspecified atom stereocenters. The summed E-state index contributed by atoms with van der Waals surface area (Å²) in [5.74, 6) is 0.296. The van der Waals surface area contributed by atoms with Crippen LogP contribution >= 0.6 is 0 Å². The SMILES string of the molecule is CC(C)[C@H](O)C/C=C\[C@H](C)N(Cc1ccccc1)Cc1ccccc1. The molecule has 0 aliphatic rings. The summed E-state index contributed by atoms with van der Waals surface area (Å²) >= 11 is 0. The molecule has 0 aliphatic carbocycles. The highest BCUT2D eigenvalue weighted by atomic mass is 16.3. The first-order chi connectivity index (χ1) is 12.1. The molecule has 0 aliphatic heterocycles. The number of hydrogen-bond donors (Lipinski definition) is 1. The van der Waals surface area contributed by atoms with E-state index in [0.29, 0.717) is 18.4 Å². The first kappa shape index (κ1) is 19.4. The topological polar surface area (TPSA) is 23.5 Å². The number of aliphatic hydroxyl groups excluding tert-OH is 1. The average molecular weight is 338 g/mol. The number of benzene rings is 2. The second-order valence-electron chi connectivity index (χ2n) is 7.09. The highest BCUT2D eigenvalue weighted by Crippen LogP contribution is 2.15. The number of rotatable bonds is 9. The van der Waals surface area contributed by atoms with Gasteiger partial charge in [0.15, 0.2) is 0 Å². The summed E-state index contributed by atoms with van der Waals surface area (Å²) in [6.45, 7) is 8.16. The summed E-state index contributed by atoms with van der Waals surface area (Å²) < 4.78 is 0. The van der Waals surface area contributed by atoms with Gasteiger partial charge in [-0.05, 0) is 30.4 Å². The van der Waals surface area contributed by atoms with Crippen LogP contribution < -0.4 is 0 Å². The zero-order valence-electron chi connectivity index (χ0n) is 15.7. The van der Waals surface area contributed by atoms with E-state index in [0.717, 1.165) is 13.1 Å². The van der Waals surface area contributed by atoms with Gasteiger partial charge in [-0.1, -0.05) is 86.7 Å². The predicted octanol–water partition coefficient (Wildman–Crippen LogP) is 5.04. The molecule has 25 heavy (non-hydrogen) atoms. The Morgan fingerprint density at radius 2 is 1.32 bits per heavy atom. The van der Waals surface area contributed by atoms with Crippen molar-refractivity contribution in [1.29, 1.82) is 0 Å². The quantitative estimate of drug-likeness (QED) is 0.648. The van der Waals surface area contributed by atoms with E-state index in [1.54, 1.807) is 0 Å². The van der Waals surface area contributed by atoms with Crippen molar-refractivity contribution in [3.63, 3.8) is 0 Å². The zero-order chi connectivity index (χ0) is 18.1. The van der Waals surface area contributed by atoms with E-state index >= 15 is 0 Å². The van der Waals surface area contributed by atoms with Crippen LogP contribution in [0.1, 0.15) is 38.3 Å². The van der Waals surface area contributed by atoms with Crippen LogP contribution in [0.3, 0.4) is 0 Å². The Morgan fingerprint density at radius 3 is 1.76 bits per heavy atom. The third kappa shape index (κ3) is 6.85. The van der Waals surface area contributed by atoms with Crippen molar-refractivity contribution in [2.45, 2.75) is 52.4 Å². The molecule has 0 heterocycles. The fourth-order valence-corrected chi connectivity index (χ4v) is 2.79. The maximum atomic E-state index is 9.98. The Labute approximate surface area is 152 Å². The fourth-order valence-electron chi connectivity index (χ4n) is 2.79. The molecule has 134 valence electrons. The van der Waals surface area contributed by atoms with Gasteiger partial charge >= 0.3 is 0 Å². The van der Waals surface area contributed by atoms with E-state index in [1.807, 2.05) is 0 Å². The molecule has 0 saturated carbocycles. The number of hydrogen-bond acceptors (Lipinski definition) is 2. The van der Waals surface area contributed by atoms with Gasteiger partial charge in [0.25, 0.3) is 0 Å². The van der Waals surface area contributed by atoms with Crippen LogP contribution in [0.5, 0.6) is 0 Å². The lowest BCUT2D eigenvalue weighted by Gasteiger charge is -2.27. The Kier molecular flexibility index (Phi) is 7.90. The van der Waals surface area contributed by atoms with Crippen molar-refractivity contribution in [1.82, 2.24) is 4.90 Å². The normalized spacial score (nSPS) is 14.3. The van der Waals surface area contributed by atoms with Gasteiger partial charge in [-0.3, -0.25) is 4.90 Å². The van der Waals surface area contributed by atoms with Crippen molar-refractivity contribution in [3.8, 4) is 0 Å². The second-order valence-corrected chi connectivity index (χ2v) is 7.09. The lowest BCUT2D eigenvalue weighted by atomic mass is 10.0. The second kappa shape index (κ2) is 10.2. The first-order valence-corrected chi connectivity index (χ1v) is 9.23. The molecule has 0 radical (unpaired) electrons. The Morgan fingerprint density at radius 1 is 0.840 bits per heavy atom. The molecule has 0 spiro atoms. The van der Waals surface area contributed by atoms with Gasteiger partial charge in [-0.25, -0.2) is 0 Å². The standard InChI is InChI=1S/C23H31NO/c1-19(2)23(25)16-10-11-20(3)24(17-21-12-6-4-7-13-21)18-22-14-8-5-9-15-22/h4-15,19-20,23,25H,16-18H2,1-3H3/b11-10-/t20-,23+/m0/s1. The van der Waals surface area contributed by atoms with Crippen LogP contribution in [0, 0.1) is 5.92 Å². The molecule has 2 nitrogen and oxygen atoms in total. The van der Waals surface area contributed by atoms with E-state index in [4.69, 9.17) is 0 Å². The summed E-state index contributed by atoms with van der Waals surface area (Å²) in [5.41, 5.74) is 2.64. The van der Waals surface area contributed by atoms with E-state index in [1.165, 1.54) is 11.1 Å². The summed E-state index contributed by atoms with van der Waals surface area (Å²) in [6.07, 6.45) is 4.79. The monoisotopic (exact) mass is 337 g/mol. The third-order valence-electron chi connectivity index (χ3n) is 4.59. The van der Waals surface area contributed by atoms with E-state index in [9.17, 15) is 5.11 Å². The number of aliphatic hydroxyl groups is 1. The predicted molar refractivity (Wildman–Crippen MR) is 106 cm³/mol. The molecule has 0 amide bonds. The molecule has 0 aromatic heterocycles. The molecule has 2 aromatic carbocycles. The van der Waals surface area contributed by atoms with E-state index in [-0.39, 0.29) is 6.10 Å². The van der Waals surface area contributed by atoms with Crippen molar-refractivity contribution in [2.24, 2.45) is 5.92 Å². The van der Waals surface area contributed by atoms with Gasteiger partial charge in [0.1, 0.15) is 0 Å². The van der Waals surface area contributed by atoms with E-state index in [2.05, 4.69) is 98.5 Å². The summed E-state index contributed by atoms with van der Waals surface area (Å²) in [6, 6.07) is 21.5. The highest BCUT2D eigenvalue weighted by Gasteiger charge is 2.13. The molecule has 0 bridgehead atoms. The van der Waals surface area contributed by atoms with E-state index < -0.39 is 0 Å². The van der Waals surface area contributed by atoms with Crippen LogP contribution in [0.15, 0.2) is 72.8 Å². The smallest absolute Gasteiger partial charge is 0.0597 e. The lowest BCUT2D eigenvalue weighted by molar-refractivity contribution is 0.128. The van der Waals surface area contributed by atoms with Crippen molar-refractivity contribution < 1.29 is 5.11 Å². The zero-order valence-corrected chi connectivity index (χ0v) is 15.7. The lowest BCUT2D eigenvalue weighted by Crippen LogP contribution is -2.30. The maximum absolute atomic E-state index is 9.98. The van der Waals surface area contributed by atoms with Crippen LogP contribution in [-0.2, 0) is 13.1 Å². The molecule has 0 fully saturated rings. The van der Waals surface area contributed by atoms with Gasteiger partial charge in [-0.2, -0.15) is 0 Å². The van der Waals surface area contributed by atoms with Crippen LogP contribution in [0.25, 0.3) is 0 Å². The summed E-state index contributed by atoms with van der Waals surface area (Å²) in [4.78, 5) is 2.46. The molecule has 2 heteroatoms. The summed E-state index contributed by atoms with van der Waals surface area (Å²) in [5, 5.41) is 9.98. The molecule has 2 aromatic rings. The minimum Gasteiger partial charge on any atom is -0.393 e. The van der Waals surface area contributed by atoms with Gasteiger partial charge in [0.2, 0.25) is 0 Å². The van der Waals surface area contributed by atoms with Crippen LogP contribution in [-0.4, -0.2) is 22.2 Å². The third-order valence-corrected chi connectivity index (χ3v) is 4.59.